The molecular weight excluding hydrogens is 222 g/mol. The van der Waals surface area contributed by atoms with Crippen molar-refractivity contribution in [1.29, 1.82) is 0 Å². The van der Waals surface area contributed by atoms with Crippen molar-refractivity contribution in [2.45, 2.75) is 39.7 Å². The molecule has 0 aromatic carbocycles. The van der Waals surface area contributed by atoms with E-state index in [9.17, 15) is 0 Å². The lowest BCUT2D eigenvalue weighted by atomic mass is 9.99. The fourth-order valence-corrected chi connectivity index (χ4v) is 2.37. The third-order valence-corrected chi connectivity index (χ3v) is 3.63. The van der Waals surface area contributed by atoms with Crippen LogP contribution >= 0.6 is 0 Å². The Morgan fingerprint density at radius 2 is 2.11 bits per heavy atom. The van der Waals surface area contributed by atoms with E-state index in [4.69, 9.17) is 4.98 Å². The molecule has 1 aliphatic rings. The average Bonchev–Trinajstić information content (AvgIpc) is 2.40. The first-order valence-electron chi connectivity index (χ1n) is 7.21. The van der Waals surface area contributed by atoms with Gasteiger partial charge in [-0.1, -0.05) is 19.9 Å². The Morgan fingerprint density at radius 3 is 2.83 bits per heavy atom. The second-order valence-corrected chi connectivity index (χ2v) is 5.33. The summed E-state index contributed by atoms with van der Waals surface area (Å²) in [6.07, 6.45) is 3.75. The van der Waals surface area contributed by atoms with Crippen LogP contribution in [0, 0.1) is 5.92 Å². The monoisotopic (exact) mass is 247 g/mol. The molecule has 1 aromatic rings. The molecule has 3 heteroatoms. The highest BCUT2D eigenvalue weighted by molar-refractivity contribution is 5.39. The summed E-state index contributed by atoms with van der Waals surface area (Å²) in [5.41, 5.74) is 1.15. The standard InChI is InChI=1S/C15H25N3/c1-3-9-16-12-14-5-4-6-15(17-14)18-10-7-13(2)8-11-18/h4-6,13,16H,3,7-12H2,1-2H3. The predicted molar refractivity (Wildman–Crippen MR) is 76.8 cm³/mol. The molecule has 0 atom stereocenters. The highest BCUT2D eigenvalue weighted by Gasteiger charge is 2.16. The summed E-state index contributed by atoms with van der Waals surface area (Å²) in [5.74, 6) is 2.02. The maximum absolute atomic E-state index is 4.76. The van der Waals surface area contributed by atoms with E-state index in [0.717, 1.165) is 43.6 Å². The maximum atomic E-state index is 4.76. The molecule has 1 aromatic heterocycles. The lowest BCUT2D eigenvalue weighted by Gasteiger charge is -2.31. The van der Waals surface area contributed by atoms with Gasteiger partial charge in [0.1, 0.15) is 5.82 Å². The minimum atomic E-state index is 0.871. The SMILES string of the molecule is CCCNCc1cccc(N2CCC(C)CC2)n1. The van der Waals surface area contributed by atoms with Crippen LogP contribution in [0.25, 0.3) is 0 Å². The van der Waals surface area contributed by atoms with Crippen LogP contribution in [0.4, 0.5) is 5.82 Å². The number of aromatic nitrogens is 1. The molecule has 1 fully saturated rings. The number of nitrogens with zero attached hydrogens (tertiary/aromatic N) is 2. The second kappa shape index (κ2) is 6.74. The third kappa shape index (κ3) is 3.70. The molecule has 2 heterocycles. The molecule has 2 rings (SSSR count). The van der Waals surface area contributed by atoms with E-state index in [0.29, 0.717) is 0 Å². The molecule has 1 aliphatic heterocycles. The zero-order chi connectivity index (χ0) is 12.8. The normalized spacial score (nSPS) is 17.1. The zero-order valence-electron chi connectivity index (χ0n) is 11.7. The minimum Gasteiger partial charge on any atom is -0.357 e. The first-order chi connectivity index (χ1) is 8.79. The van der Waals surface area contributed by atoms with Crippen molar-refractivity contribution in [3.8, 4) is 0 Å². The van der Waals surface area contributed by atoms with Crippen LogP contribution in [-0.4, -0.2) is 24.6 Å². The largest absolute Gasteiger partial charge is 0.357 e. The van der Waals surface area contributed by atoms with Gasteiger partial charge in [-0.05, 0) is 43.9 Å². The van der Waals surface area contributed by atoms with Crippen molar-refractivity contribution in [3.05, 3.63) is 23.9 Å². The Hall–Kier alpha value is -1.09. The van der Waals surface area contributed by atoms with Crippen LogP contribution in [0.5, 0.6) is 0 Å². The lowest BCUT2D eigenvalue weighted by molar-refractivity contribution is 0.436. The molecule has 3 nitrogen and oxygen atoms in total. The van der Waals surface area contributed by atoms with Gasteiger partial charge in [-0.25, -0.2) is 4.98 Å². The average molecular weight is 247 g/mol. The Kier molecular flexibility index (Phi) is 5.00. The van der Waals surface area contributed by atoms with E-state index in [1.54, 1.807) is 0 Å². The molecule has 1 saturated heterocycles. The molecule has 1 N–H and O–H groups in total. The quantitative estimate of drug-likeness (QED) is 0.811. The number of pyridine rings is 1. The Labute approximate surface area is 111 Å². The number of rotatable bonds is 5. The minimum absolute atomic E-state index is 0.871. The fourth-order valence-electron chi connectivity index (χ4n) is 2.37. The maximum Gasteiger partial charge on any atom is 0.128 e. The number of hydrogen-bond acceptors (Lipinski definition) is 3. The van der Waals surface area contributed by atoms with Crippen molar-refractivity contribution in [2.75, 3.05) is 24.5 Å². The summed E-state index contributed by atoms with van der Waals surface area (Å²) in [6, 6.07) is 6.38. The first-order valence-corrected chi connectivity index (χ1v) is 7.21. The highest BCUT2D eigenvalue weighted by Crippen LogP contribution is 2.21. The van der Waals surface area contributed by atoms with Gasteiger partial charge >= 0.3 is 0 Å². The van der Waals surface area contributed by atoms with Crippen molar-refractivity contribution in [1.82, 2.24) is 10.3 Å². The Balaban J connectivity index is 1.94. The molecule has 0 unspecified atom stereocenters. The molecule has 0 radical (unpaired) electrons. The first kappa shape index (κ1) is 13.3. The van der Waals surface area contributed by atoms with Gasteiger partial charge in [0.15, 0.2) is 0 Å². The molecule has 18 heavy (non-hydrogen) atoms. The van der Waals surface area contributed by atoms with E-state index in [2.05, 4.69) is 42.3 Å². The van der Waals surface area contributed by atoms with Crippen molar-refractivity contribution in [2.24, 2.45) is 5.92 Å². The van der Waals surface area contributed by atoms with Gasteiger partial charge in [-0.15, -0.1) is 0 Å². The van der Waals surface area contributed by atoms with Gasteiger partial charge in [0.25, 0.3) is 0 Å². The third-order valence-electron chi connectivity index (χ3n) is 3.63. The van der Waals surface area contributed by atoms with E-state index in [-0.39, 0.29) is 0 Å². The smallest absolute Gasteiger partial charge is 0.128 e. The molecular formula is C15H25N3. The van der Waals surface area contributed by atoms with Gasteiger partial charge in [0.2, 0.25) is 0 Å². The van der Waals surface area contributed by atoms with Crippen molar-refractivity contribution >= 4 is 5.82 Å². The fraction of sp³-hybridized carbons (Fsp3) is 0.667. The molecule has 100 valence electrons. The Morgan fingerprint density at radius 1 is 1.33 bits per heavy atom. The second-order valence-electron chi connectivity index (χ2n) is 5.33. The number of anilines is 1. The van der Waals surface area contributed by atoms with Crippen LogP contribution in [0.1, 0.15) is 38.8 Å². The van der Waals surface area contributed by atoms with Gasteiger partial charge in [0.05, 0.1) is 5.69 Å². The number of piperidine rings is 1. The highest BCUT2D eigenvalue weighted by atomic mass is 15.2. The summed E-state index contributed by atoms with van der Waals surface area (Å²) in [5, 5.41) is 3.41. The molecule has 0 spiro atoms. The predicted octanol–water partition coefficient (Wildman–Crippen LogP) is 2.82. The Bertz CT molecular complexity index is 357. The number of nitrogens with one attached hydrogen (secondary N) is 1. The van der Waals surface area contributed by atoms with E-state index >= 15 is 0 Å². The summed E-state index contributed by atoms with van der Waals surface area (Å²) >= 11 is 0. The summed E-state index contributed by atoms with van der Waals surface area (Å²) < 4.78 is 0. The van der Waals surface area contributed by atoms with Crippen LogP contribution in [0.15, 0.2) is 18.2 Å². The molecule has 0 saturated carbocycles. The summed E-state index contributed by atoms with van der Waals surface area (Å²) in [7, 11) is 0. The topological polar surface area (TPSA) is 28.2 Å². The summed E-state index contributed by atoms with van der Waals surface area (Å²) in [4.78, 5) is 7.18. The summed E-state index contributed by atoms with van der Waals surface area (Å²) in [6.45, 7) is 8.78. The van der Waals surface area contributed by atoms with Gasteiger partial charge in [0, 0.05) is 19.6 Å². The molecule has 0 bridgehead atoms. The van der Waals surface area contributed by atoms with Gasteiger partial charge in [-0.2, -0.15) is 0 Å². The number of hydrogen-bond donors (Lipinski definition) is 1. The van der Waals surface area contributed by atoms with Gasteiger partial charge < -0.3 is 10.2 Å². The molecule has 0 aliphatic carbocycles. The van der Waals surface area contributed by atoms with Crippen molar-refractivity contribution < 1.29 is 0 Å². The lowest BCUT2D eigenvalue weighted by Crippen LogP contribution is -2.33. The van der Waals surface area contributed by atoms with E-state index in [1.165, 1.54) is 19.3 Å². The van der Waals surface area contributed by atoms with E-state index < -0.39 is 0 Å². The van der Waals surface area contributed by atoms with Crippen LogP contribution in [0.3, 0.4) is 0 Å². The van der Waals surface area contributed by atoms with Crippen molar-refractivity contribution in [3.63, 3.8) is 0 Å². The van der Waals surface area contributed by atoms with Gasteiger partial charge in [-0.3, -0.25) is 0 Å². The van der Waals surface area contributed by atoms with Crippen LogP contribution in [-0.2, 0) is 6.54 Å². The molecule has 0 amide bonds. The van der Waals surface area contributed by atoms with Crippen LogP contribution < -0.4 is 10.2 Å². The van der Waals surface area contributed by atoms with Crippen LogP contribution in [0.2, 0.25) is 0 Å². The van der Waals surface area contributed by atoms with E-state index in [1.807, 2.05) is 0 Å². The zero-order valence-corrected chi connectivity index (χ0v) is 11.7.